The van der Waals surface area contributed by atoms with Crippen LogP contribution in [0.5, 0.6) is 11.5 Å². The van der Waals surface area contributed by atoms with Crippen LogP contribution in [0.4, 0.5) is 4.39 Å². The van der Waals surface area contributed by atoms with Gasteiger partial charge in [-0.2, -0.15) is 4.39 Å². The van der Waals surface area contributed by atoms with Gasteiger partial charge in [0.1, 0.15) is 11.3 Å². The number of ether oxygens (including phenoxy) is 1. The van der Waals surface area contributed by atoms with Gasteiger partial charge in [0.15, 0.2) is 17.3 Å². The van der Waals surface area contributed by atoms with Gasteiger partial charge in [0, 0.05) is 12.8 Å². The Kier molecular flexibility index (Phi) is 5.36. The van der Waals surface area contributed by atoms with E-state index in [0.717, 1.165) is 6.07 Å². The summed E-state index contributed by atoms with van der Waals surface area (Å²) in [6.45, 7) is 0. The first-order valence-electron chi connectivity index (χ1n) is 7.00. The number of carboxylic acids is 1. The molecule has 126 valence electrons. The van der Waals surface area contributed by atoms with E-state index >= 15 is 0 Å². The molecule has 2 N–H and O–H groups in total. The van der Waals surface area contributed by atoms with Crippen molar-refractivity contribution in [1.29, 1.82) is 0 Å². The minimum Gasteiger partial charge on any atom is -0.504 e. The maximum atomic E-state index is 13.2. The molecule has 0 saturated heterocycles. The molecular formula is C17H15FO6. The van der Waals surface area contributed by atoms with Gasteiger partial charge in [-0.1, -0.05) is 12.1 Å². The molecule has 0 saturated carbocycles. The lowest BCUT2D eigenvalue weighted by Gasteiger charge is -2.03. The van der Waals surface area contributed by atoms with E-state index in [2.05, 4.69) is 4.42 Å². The Morgan fingerprint density at radius 1 is 1.33 bits per heavy atom. The maximum Gasteiger partial charge on any atom is 0.342 e. The van der Waals surface area contributed by atoms with Crippen molar-refractivity contribution in [3.63, 3.8) is 0 Å². The standard InChI is InChI=1S/C17H15FO6/c1-23-15-8-10(3-7-14(15)20)2-4-11(19)5-6-12-9-13(17(21)22)16(18)24-12/h2-4,7-9,20H,5-6H2,1H3,(H,21,22). The Morgan fingerprint density at radius 3 is 2.71 bits per heavy atom. The fraction of sp³-hybridized carbons (Fsp3) is 0.176. The van der Waals surface area contributed by atoms with E-state index in [1.807, 2.05) is 0 Å². The smallest absolute Gasteiger partial charge is 0.342 e. The zero-order chi connectivity index (χ0) is 17.7. The molecule has 1 heterocycles. The number of aromatic carboxylic acids is 1. The molecule has 0 aliphatic carbocycles. The van der Waals surface area contributed by atoms with E-state index in [9.17, 15) is 19.1 Å². The number of carbonyl (C=O) groups is 2. The van der Waals surface area contributed by atoms with E-state index in [4.69, 9.17) is 9.84 Å². The van der Waals surface area contributed by atoms with Gasteiger partial charge in [0.05, 0.1) is 7.11 Å². The maximum absolute atomic E-state index is 13.2. The monoisotopic (exact) mass is 334 g/mol. The van der Waals surface area contributed by atoms with Crippen LogP contribution in [0.1, 0.15) is 28.1 Å². The fourth-order valence-electron chi connectivity index (χ4n) is 2.00. The van der Waals surface area contributed by atoms with Crippen LogP contribution >= 0.6 is 0 Å². The van der Waals surface area contributed by atoms with Crippen LogP contribution < -0.4 is 4.74 Å². The van der Waals surface area contributed by atoms with Crippen molar-refractivity contribution in [1.82, 2.24) is 0 Å². The molecular weight excluding hydrogens is 319 g/mol. The quantitative estimate of drug-likeness (QED) is 0.755. The van der Waals surface area contributed by atoms with Gasteiger partial charge in [-0.15, -0.1) is 0 Å². The third-order valence-corrected chi connectivity index (χ3v) is 3.25. The molecule has 2 aromatic rings. The number of hydrogen-bond donors (Lipinski definition) is 2. The highest BCUT2D eigenvalue weighted by molar-refractivity contribution is 5.93. The number of benzene rings is 1. The number of phenolic OH excluding ortho intramolecular Hbond substituents is 1. The molecule has 1 aromatic carbocycles. The molecule has 24 heavy (non-hydrogen) atoms. The van der Waals surface area contributed by atoms with E-state index in [1.54, 1.807) is 18.2 Å². The number of rotatable bonds is 7. The summed E-state index contributed by atoms with van der Waals surface area (Å²) in [6.07, 6.45) is 3.02. The molecule has 0 atom stereocenters. The lowest BCUT2D eigenvalue weighted by Crippen LogP contribution is -1.96. The lowest BCUT2D eigenvalue weighted by molar-refractivity contribution is -0.114. The number of aryl methyl sites for hydroxylation is 1. The zero-order valence-corrected chi connectivity index (χ0v) is 12.8. The van der Waals surface area contributed by atoms with Crippen molar-refractivity contribution in [2.24, 2.45) is 0 Å². The molecule has 0 radical (unpaired) electrons. The highest BCUT2D eigenvalue weighted by Crippen LogP contribution is 2.26. The Balaban J connectivity index is 1.96. The van der Waals surface area contributed by atoms with Gasteiger partial charge in [0.2, 0.25) is 0 Å². The Morgan fingerprint density at radius 2 is 2.08 bits per heavy atom. The molecule has 0 aliphatic rings. The third kappa shape index (κ3) is 4.22. The molecule has 0 spiro atoms. The number of ketones is 1. The summed E-state index contributed by atoms with van der Waals surface area (Å²) in [5.41, 5.74) is 0.111. The number of phenols is 1. The van der Waals surface area contributed by atoms with E-state index in [-0.39, 0.29) is 35.9 Å². The van der Waals surface area contributed by atoms with Gasteiger partial charge in [-0.3, -0.25) is 4.79 Å². The van der Waals surface area contributed by atoms with Crippen LogP contribution in [0.3, 0.4) is 0 Å². The number of carbonyl (C=O) groups excluding carboxylic acids is 1. The number of aromatic hydroxyl groups is 1. The summed E-state index contributed by atoms with van der Waals surface area (Å²) < 4.78 is 22.8. The molecule has 0 unspecified atom stereocenters. The number of methoxy groups -OCH3 is 1. The summed E-state index contributed by atoms with van der Waals surface area (Å²) in [5.74, 6) is -1.28. The predicted octanol–water partition coefficient (Wildman–Crippen LogP) is 3.05. The van der Waals surface area contributed by atoms with E-state index in [1.165, 1.54) is 19.3 Å². The normalized spacial score (nSPS) is 10.9. The Hall–Kier alpha value is -3.09. The number of carboxylic acid groups (broad SMARTS) is 1. The Labute approximate surface area is 136 Å². The van der Waals surface area contributed by atoms with Crippen molar-refractivity contribution in [3.8, 4) is 11.5 Å². The largest absolute Gasteiger partial charge is 0.504 e. The van der Waals surface area contributed by atoms with E-state index in [0.29, 0.717) is 5.56 Å². The van der Waals surface area contributed by atoms with Crippen LogP contribution in [-0.2, 0) is 11.2 Å². The predicted molar refractivity (Wildman–Crippen MR) is 82.6 cm³/mol. The highest BCUT2D eigenvalue weighted by Gasteiger charge is 2.17. The summed E-state index contributed by atoms with van der Waals surface area (Å²) >= 11 is 0. The topological polar surface area (TPSA) is 97.0 Å². The van der Waals surface area contributed by atoms with Crippen LogP contribution in [0, 0.1) is 6.01 Å². The van der Waals surface area contributed by atoms with Gasteiger partial charge in [-0.25, -0.2) is 4.79 Å². The summed E-state index contributed by atoms with van der Waals surface area (Å²) in [6, 6.07) is 4.53. The molecule has 6 nitrogen and oxygen atoms in total. The number of furan rings is 1. The number of allylic oxidation sites excluding steroid dienone is 1. The Bertz CT molecular complexity index is 790. The molecule has 0 fully saturated rings. The minimum absolute atomic E-state index is 0.00458. The fourth-order valence-corrected chi connectivity index (χ4v) is 2.00. The first-order chi connectivity index (χ1) is 11.4. The lowest BCUT2D eigenvalue weighted by atomic mass is 10.1. The van der Waals surface area contributed by atoms with Crippen molar-refractivity contribution in [2.75, 3.05) is 7.11 Å². The average molecular weight is 334 g/mol. The third-order valence-electron chi connectivity index (χ3n) is 3.25. The first-order valence-corrected chi connectivity index (χ1v) is 7.00. The molecule has 0 aliphatic heterocycles. The second-order valence-corrected chi connectivity index (χ2v) is 4.94. The van der Waals surface area contributed by atoms with Crippen LogP contribution in [0.2, 0.25) is 0 Å². The van der Waals surface area contributed by atoms with Gasteiger partial charge in [-0.05, 0) is 29.8 Å². The second-order valence-electron chi connectivity index (χ2n) is 4.94. The number of halogens is 1. The van der Waals surface area contributed by atoms with E-state index < -0.39 is 17.5 Å². The van der Waals surface area contributed by atoms with Crippen molar-refractivity contribution in [3.05, 3.63) is 53.2 Å². The summed E-state index contributed by atoms with van der Waals surface area (Å²) in [5, 5.41) is 18.2. The van der Waals surface area contributed by atoms with Crippen molar-refractivity contribution < 1.29 is 33.3 Å². The first kappa shape index (κ1) is 17.3. The SMILES string of the molecule is COc1cc(C=CC(=O)CCc2cc(C(=O)O)c(F)o2)ccc1O. The summed E-state index contributed by atoms with van der Waals surface area (Å²) in [7, 11) is 1.42. The van der Waals surface area contributed by atoms with Gasteiger partial charge < -0.3 is 19.4 Å². The van der Waals surface area contributed by atoms with Crippen LogP contribution in [0.25, 0.3) is 6.08 Å². The van der Waals surface area contributed by atoms with Crippen LogP contribution in [0.15, 0.2) is 34.8 Å². The molecule has 0 bridgehead atoms. The van der Waals surface area contributed by atoms with Gasteiger partial charge >= 0.3 is 5.97 Å². The minimum atomic E-state index is -1.42. The number of hydrogen-bond acceptors (Lipinski definition) is 5. The molecule has 7 heteroatoms. The van der Waals surface area contributed by atoms with Crippen molar-refractivity contribution in [2.45, 2.75) is 12.8 Å². The average Bonchev–Trinajstić information content (AvgIpc) is 2.93. The molecule has 2 rings (SSSR count). The zero-order valence-electron chi connectivity index (χ0n) is 12.8. The van der Waals surface area contributed by atoms with Crippen molar-refractivity contribution >= 4 is 17.8 Å². The highest BCUT2D eigenvalue weighted by atomic mass is 19.1. The van der Waals surface area contributed by atoms with Gasteiger partial charge in [0.25, 0.3) is 6.01 Å². The molecule has 0 amide bonds. The second kappa shape index (κ2) is 7.45. The van der Waals surface area contributed by atoms with Crippen LogP contribution in [-0.4, -0.2) is 29.1 Å². The summed E-state index contributed by atoms with van der Waals surface area (Å²) in [4.78, 5) is 22.5. The molecule has 1 aromatic heterocycles.